The molecule has 1 aromatic heterocycles. The molecule has 0 saturated carbocycles. The molecule has 0 amide bonds. The van der Waals surface area contributed by atoms with Crippen LogP contribution in [0.25, 0.3) is 0 Å². The van der Waals surface area contributed by atoms with Gasteiger partial charge < -0.3 is 4.90 Å². The maximum absolute atomic E-state index is 4.50. The first kappa shape index (κ1) is 16.2. The molecule has 2 fully saturated rings. The van der Waals surface area contributed by atoms with Crippen LogP contribution in [-0.4, -0.2) is 41.0 Å². The van der Waals surface area contributed by atoms with E-state index < -0.39 is 0 Å². The third kappa shape index (κ3) is 2.71. The molecule has 1 unspecified atom stereocenters. The predicted molar refractivity (Wildman–Crippen MR) is 104 cm³/mol. The van der Waals surface area contributed by atoms with E-state index in [0.29, 0.717) is 11.5 Å². The average molecular weight is 348 g/mol. The van der Waals surface area contributed by atoms with Gasteiger partial charge in [-0.25, -0.2) is 4.98 Å². The maximum atomic E-state index is 4.50. The van der Waals surface area contributed by atoms with Crippen LogP contribution in [-0.2, 0) is 5.41 Å². The highest BCUT2D eigenvalue weighted by Crippen LogP contribution is 2.50. The first-order chi connectivity index (χ1) is 12.9. The highest BCUT2D eigenvalue weighted by Gasteiger charge is 2.43. The lowest BCUT2D eigenvalue weighted by molar-refractivity contribution is 0.176. The fraction of sp³-hybridized carbons (Fsp3) is 0.545. The van der Waals surface area contributed by atoms with Gasteiger partial charge in [-0.05, 0) is 68.2 Å². The summed E-state index contributed by atoms with van der Waals surface area (Å²) in [7, 11) is 0. The third-order valence-corrected chi connectivity index (χ3v) is 6.96. The molecule has 0 radical (unpaired) electrons. The number of fused-ring (bicyclic) bond motifs is 2. The Kier molecular flexibility index (Phi) is 4.16. The molecule has 26 heavy (non-hydrogen) atoms. The standard InChI is InChI=1S/C22H28N4/c1-2-6-19-18(5-1)20(25-13-3-4-14-25)7-8-22(19)9-15-26(16-10-22)21-17-23-11-12-24-21/h1-2,5-6,11-12,17,20H,3-4,7-10,13-16H2. The smallest absolute Gasteiger partial charge is 0.147 e. The number of piperidine rings is 1. The van der Waals surface area contributed by atoms with Gasteiger partial charge in [-0.15, -0.1) is 0 Å². The maximum Gasteiger partial charge on any atom is 0.147 e. The number of hydrogen-bond acceptors (Lipinski definition) is 4. The van der Waals surface area contributed by atoms with Crippen LogP contribution >= 0.6 is 0 Å². The van der Waals surface area contributed by atoms with Crippen molar-refractivity contribution in [2.75, 3.05) is 31.1 Å². The van der Waals surface area contributed by atoms with Crippen molar-refractivity contribution in [1.29, 1.82) is 0 Å². The van der Waals surface area contributed by atoms with E-state index in [1.54, 1.807) is 23.5 Å². The average Bonchev–Trinajstić information content (AvgIpc) is 3.24. The Hall–Kier alpha value is -1.94. The Labute approximate surface area is 156 Å². The Balaban J connectivity index is 1.40. The highest BCUT2D eigenvalue weighted by atomic mass is 15.2. The molecule has 3 aliphatic rings. The zero-order chi connectivity index (χ0) is 17.4. The van der Waals surface area contributed by atoms with Crippen LogP contribution < -0.4 is 4.90 Å². The van der Waals surface area contributed by atoms with Gasteiger partial charge in [0.1, 0.15) is 5.82 Å². The minimum Gasteiger partial charge on any atom is -0.355 e. The summed E-state index contributed by atoms with van der Waals surface area (Å²) in [6.07, 6.45) is 13.3. The van der Waals surface area contributed by atoms with Crippen molar-refractivity contribution < 1.29 is 0 Å². The van der Waals surface area contributed by atoms with Crippen molar-refractivity contribution in [2.45, 2.75) is 50.0 Å². The molecule has 0 N–H and O–H groups in total. The van der Waals surface area contributed by atoms with Gasteiger partial charge in [-0.2, -0.15) is 0 Å². The fourth-order valence-corrected chi connectivity index (χ4v) is 5.54. The molecule has 5 rings (SSSR count). The minimum atomic E-state index is 0.367. The number of aromatic nitrogens is 2. The van der Waals surface area contributed by atoms with Crippen molar-refractivity contribution in [2.24, 2.45) is 0 Å². The molecule has 136 valence electrons. The summed E-state index contributed by atoms with van der Waals surface area (Å²) in [6.45, 7) is 4.74. The molecule has 1 aliphatic carbocycles. The van der Waals surface area contributed by atoms with Crippen LogP contribution in [0.2, 0.25) is 0 Å². The van der Waals surface area contributed by atoms with E-state index in [-0.39, 0.29) is 0 Å². The zero-order valence-electron chi connectivity index (χ0n) is 15.5. The van der Waals surface area contributed by atoms with Crippen LogP contribution in [0.1, 0.15) is 55.7 Å². The lowest BCUT2D eigenvalue weighted by atomic mass is 9.63. The van der Waals surface area contributed by atoms with Gasteiger partial charge in [0.05, 0.1) is 6.20 Å². The molecular formula is C22H28N4. The minimum absolute atomic E-state index is 0.367. The van der Waals surface area contributed by atoms with Gasteiger partial charge in [-0.3, -0.25) is 9.88 Å². The van der Waals surface area contributed by atoms with Crippen LogP contribution in [0.5, 0.6) is 0 Å². The predicted octanol–water partition coefficient (Wildman–Crippen LogP) is 3.95. The first-order valence-electron chi connectivity index (χ1n) is 10.2. The molecule has 2 aromatic rings. The molecule has 2 aliphatic heterocycles. The SMILES string of the molecule is c1ccc2c(c1)C(N1CCCC1)CCC21CCN(c2cnccn2)CC1. The van der Waals surface area contributed by atoms with Crippen molar-refractivity contribution in [1.82, 2.24) is 14.9 Å². The summed E-state index contributed by atoms with van der Waals surface area (Å²) in [6, 6.07) is 9.99. The number of anilines is 1. The van der Waals surface area contributed by atoms with E-state index in [4.69, 9.17) is 0 Å². The topological polar surface area (TPSA) is 32.3 Å². The second-order valence-electron chi connectivity index (χ2n) is 8.22. The lowest BCUT2D eigenvalue weighted by Crippen LogP contribution is -2.46. The van der Waals surface area contributed by atoms with Crippen molar-refractivity contribution >= 4 is 5.82 Å². The second kappa shape index (κ2) is 6.66. The van der Waals surface area contributed by atoms with Crippen LogP contribution in [0.4, 0.5) is 5.82 Å². The Morgan fingerprint density at radius 3 is 2.50 bits per heavy atom. The van der Waals surface area contributed by atoms with Crippen LogP contribution in [0, 0.1) is 0 Å². The molecule has 1 aromatic carbocycles. The van der Waals surface area contributed by atoms with Gasteiger partial charge in [0, 0.05) is 31.5 Å². The van der Waals surface area contributed by atoms with Gasteiger partial charge >= 0.3 is 0 Å². The molecule has 4 heteroatoms. The fourth-order valence-electron chi connectivity index (χ4n) is 5.54. The molecule has 4 nitrogen and oxygen atoms in total. The quantitative estimate of drug-likeness (QED) is 0.823. The van der Waals surface area contributed by atoms with Gasteiger partial charge in [0.2, 0.25) is 0 Å². The molecule has 1 spiro atoms. The summed E-state index contributed by atoms with van der Waals surface area (Å²) >= 11 is 0. The second-order valence-corrected chi connectivity index (χ2v) is 8.22. The molecule has 3 heterocycles. The summed E-state index contributed by atoms with van der Waals surface area (Å²) in [5.74, 6) is 1.03. The normalized spacial score (nSPS) is 25.4. The van der Waals surface area contributed by atoms with E-state index in [1.165, 1.54) is 51.6 Å². The number of rotatable bonds is 2. The molecule has 0 bridgehead atoms. The van der Waals surface area contributed by atoms with Crippen molar-refractivity contribution in [3.05, 3.63) is 54.0 Å². The van der Waals surface area contributed by atoms with Gasteiger partial charge in [0.15, 0.2) is 0 Å². The van der Waals surface area contributed by atoms with E-state index in [2.05, 4.69) is 44.0 Å². The number of benzene rings is 1. The number of hydrogen-bond donors (Lipinski definition) is 0. The summed E-state index contributed by atoms with van der Waals surface area (Å²) in [4.78, 5) is 13.9. The third-order valence-electron chi connectivity index (χ3n) is 6.96. The number of nitrogens with zero attached hydrogens (tertiary/aromatic N) is 4. The molecule has 1 atom stereocenters. The van der Waals surface area contributed by atoms with E-state index >= 15 is 0 Å². The summed E-state index contributed by atoms with van der Waals surface area (Å²) in [5.41, 5.74) is 3.63. The van der Waals surface area contributed by atoms with Crippen molar-refractivity contribution in [3.8, 4) is 0 Å². The first-order valence-corrected chi connectivity index (χ1v) is 10.2. The highest BCUT2D eigenvalue weighted by molar-refractivity contribution is 5.43. The summed E-state index contributed by atoms with van der Waals surface area (Å²) < 4.78 is 0. The van der Waals surface area contributed by atoms with Crippen molar-refractivity contribution in [3.63, 3.8) is 0 Å². The van der Waals surface area contributed by atoms with E-state index in [9.17, 15) is 0 Å². The van der Waals surface area contributed by atoms with Crippen LogP contribution in [0.3, 0.4) is 0 Å². The summed E-state index contributed by atoms with van der Waals surface area (Å²) in [5, 5.41) is 0. The Bertz CT molecular complexity index is 746. The zero-order valence-corrected chi connectivity index (χ0v) is 15.5. The Morgan fingerprint density at radius 2 is 1.73 bits per heavy atom. The van der Waals surface area contributed by atoms with E-state index in [0.717, 1.165) is 18.9 Å². The monoisotopic (exact) mass is 348 g/mol. The van der Waals surface area contributed by atoms with Gasteiger partial charge in [0.25, 0.3) is 0 Å². The van der Waals surface area contributed by atoms with Crippen LogP contribution in [0.15, 0.2) is 42.9 Å². The van der Waals surface area contributed by atoms with Gasteiger partial charge in [-0.1, -0.05) is 24.3 Å². The molecule has 2 saturated heterocycles. The van der Waals surface area contributed by atoms with E-state index in [1.807, 2.05) is 6.20 Å². The lowest BCUT2D eigenvalue weighted by Gasteiger charge is -2.48. The molecular weight excluding hydrogens is 320 g/mol. The largest absolute Gasteiger partial charge is 0.355 e. The Morgan fingerprint density at radius 1 is 0.923 bits per heavy atom. The number of likely N-dealkylation sites (tertiary alicyclic amines) is 1.